The van der Waals surface area contributed by atoms with E-state index in [1.165, 1.54) is 0 Å². The van der Waals surface area contributed by atoms with Gasteiger partial charge in [-0.2, -0.15) is 5.53 Å². The third-order valence-electron chi connectivity index (χ3n) is 4.56. The molecule has 0 unspecified atom stereocenters. The normalized spacial score (nSPS) is 11.5. The highest BCUT2D eigenvalue weighted by Gasteiger charge is 2.26. The number of Topliss-reactive ketones (excluding diaryl/α,β-unsaturated/α-hetero) is 1. The van der Waals surface area contributed by atoms with Crippen LogP contribution in [-0.2, 0) is 11.2 Å². The van der Waals surface area contributed by atoms with Crippen LogP contribution in [-0.4, -0.2) is 28.5 Å². The van der Waals surface area contributed by atoms with E-state index >= 15 is 0 Å². The molecule has 9 nitrogen and oxygen atoms in total. The van der Waals surface area contributed by atoms with Gasteiger partial charge in [-0.25, -0.2) is 0 Å². The smallest absolute Gasteiger partial charge is 0.289 e. The van der Waals surface area contributed by atoms with Gasteiger partial charge >= 0.3 is 0 Å². The molecule has 0 aliphatic carbocycles. The van der Waals surface area contributed by atoms with E-state index in [4.69, 9.17) is 33.3 Å². The van der Waals surface area contributed by atoms with Crippen molar-refractivity contribution in [1.82, 2.24) is 4.40 Å². The fourth-order valence-electron chi connectivity index (χ4n) is 3.28. The number of primary amides is 1. The lowest BCUT2D eigenvalue weighted by atomic mass is 10.0. The number of amides is 1. The first kappa shape index (κ1) is 21.0. The summed E-state index contributed by atoms with van der Waals surface area (Å²) in [5.41, 5.74) is 20.5. The van der Waals surface area contributed by atoms with Crippen LogP contribution in [0, 0.1) is 12.5 Å². The second-order valence-electron chi connectivity index (χ2n) is 6.52. The van der Waals surface area contributed by atoms with Crippen molar-refractivity contribution in [3.8, 4) is 5.75 Å². The minimum absolute atomic E-state index is 0.0165. The van der Waals surface area contributed by atoms with Gasteiger partial charge in [-0.15, -0.1) is 5.10 Å². The molecule has 0 spiro atoms. The van der Waals surface area contributed by atoms with E-state index in [2.05, 4.69) is 10.3 Å². The average molecular weight is 427 g/mol. The van der Waals surface area contributed by atoms with Crippen LogP contribution in [0.5, 0.6) is 5.75 Å². The van der Waals surface area contributed by atoms with Crippen molar-refractivity contribution in [2.45, 2.75) is 13.3 Å². The highest BCUT2D eigenvalue weighted by atomic mass is 35.5. The lowest BCUT2D eigenvalue weighted by molar-refractivity contribution is -0.114. The van der Waals surface area contributed by atoms with Crippen LogP contribution in [0.1, 0.15) is 27.2 Å². The predicted octanol–water partition coefficient (Wildman–Crippen LogP) is 2.84. The minimum Gasteiger partial charge on any atom is -0.483 e. The maximum Gasteiger partial charge on any atom is 0.289 e. The fraction of sp³-hybridized carbons (Fsp3) is 0.150. The van der Waals surface area contributed by atoms with Crippen molar-refractivity contribution in [1.29, 1.82) is 5.53 Å². The summed E-state index contributed by atoms with van der Waals surface area (Å²) in [7, 11) is 0. The molecule has 5 N–H and O–H groups in total. The number of nitrogens with zero attached hydrogens (tertiary/aromatic N) is 3. The summed E-state index contributed by atoms with van der Waals surface area (Å²) in [6, 6.07) is 10.7. The summed E-state index contributed by atoms with van der Waals surface area (Å²) in [6.45, 7) is 1.60. The van der Waals surface area contributed by atoms with Crippen molar-refractivity contribution in [3.05, 3.63) is 70.0 Å². The summed E-state index contributed by atoms with van der Waals surface area (Å²) < 4.78 is 7.48. The number of benzene rings is 1. The zero-order valence-corrected chi connectivity index (χ0v) is 16.8. The average Bonchev–Trinajstić information content (AvgIpc) is 2.98. The SMILES string of the molecule is Cc1c(C(=O)C(N)=O)c2c(OC/C(N)=N\N=N)cccn2c1Cc1cccc(Cl)c1. The number of rotatable bonds is 8. The van der Waals surface area contributed by atoms with Crippen LogP contribution in [0.15, 0.2) is 52.9 Å². The van der Waals surface area contributed by atoms with Crippen LogP contribution >= 0.6 is 11.6 Å². The molecule has 0 aliphatic heterocycles. The Morgan fingerprint density at radius 2 is 2.00 bits per heavy atom. The van der Waals surface area contributed by atoms with Crippen LogP contribution in [0.4, 0.5) is 0 Å². The molecule has 0 bridgehead atoms. The third kappa shape index (κ3) is 4.15. The highest BCUT2D eigenvalue weighted by Crippen LogP contribution is 2.32. The Hall–Kier alpha value is -3.72. The number of ether oxygens (including phenoxy) is 1. The molecule has 3 rings (SSSR count). The van der Waals surface area contributed by atoms with Gasteiger partial charge in [0, 0.05) is 23.3 Å². The van der Waals surface area contributed by atoms with E-state index in [1.807, 2.05) is 18.2 Å². The molecule has 30 heavy (non-hydrogen) atoms. The second kappa shape index (κ2) is 8.75. The zero-order chi connectivity index (χ0) is 21.8. The van der Waals surface area contributed by atoms with Crippen LogP contribution in [0.25, 0.3) is 5.52 Å². The molecule has 10 heteroatoms. The number of carbonyl (C=O) groups is 2. The molecular formula is C20H19ClN6O3. The van der Waals surface area contributed by atoms with Crippen molar-refractivity contribution in [2.75, 3.05) is 6.61 Å². The Morgan fingerprint density at radius 1 is 1.23 bits per heavy atom. The van der Waals surface area contributed by atoms with Crippen molar-refractivity contribution in [2.24, 2.45) is 21.8 Å². The molecule has 0 saturated heterocycles. The number of aromatic nitrogens is 1. The molecule has 3 aromatic rings. The van der Waals surface area contributed by atoms with Gasteiger partial charge in [-0.05, 0) is 42.3 Å². The summed E-state index contributed by atoms with van der Waals surface area (Å²) in [5, 5.41) is 6.84. The zero-order valence-electron chi connectivity index (χ0n) is 16.1. The van der Waals surface area contributed by atoms with Gasteiger partial charge in [0.15, 0.2) is 5.84 Å². The number of halogens is 1. The first-order valence-electron chi connectivity index (χ1n) is 8.86. The first-order valence-corrected chi connectivity index (χ1v) is 9.24. The number of nitrogens with one attached hydrogen (secondary N) is 1. The number of hydrogen-bond donors (Lipinski definition) is 3. The number of nitrogens with two attached hydrogens (primary N) is 2. The van der Waals surface area contributed by atoms with Gasteiger partial charge in [0.2, 0.25) is 0 Å². The monoisotopic (exact) mass is 426 g/mol. The number of pyridine rings is 1. The Balaban J connectivity index is 2.18. The maximum absolute atomic E-state index is 12.6. The molecule has 1 aromatic carbocycles. The van der Waals surface area contributed by atoms with Gasteiger partial charge in [0.1, 0.15) is 12.4 Å². The van der Waals surface area contributed by atoms with Crippen LogP contribution < -0.4 is 16.2 Å². The highest BCUT2D eigenvalue weighted by molar-refractivity contribution is 6.44. The van der Waals surface area contributed by atoms with E-state index in [9.17, 15) is 9.59 Å². The number of amidine groups is 1. The van der Waals surface area contributed by atoms with E-state index in [0.717, 1.165) is 11.3 Å². The summed E-state index contributed by atoms with van der Waals surface area (Å²) in [5.74, 6) is -1.59. The van der Waals surface area contributed by atoms with Gasteiger partial charge in [0.25, 0.3) is 11.7 Å². The summed E-state index contributed by atoms with van der Waals surface area (Å²) in [6.07, 6.45) is 2.23. The van der Waals surface area contributed by atoms with Gasteiger partial charge < -0.3 is 20.6 Å². The lowest BCUT2D eigenvalue weighted by Gasteiger charge is -2.10. The van der Waals surface area contributed by atoms with Crippen LogP contribution in [0.3, 0.4) is 0 Å². The quantitative estimate of drug-likeness (QED) is 0.127. The fourth-order valence-corrected chi connectivity index (χ4v) is 3.49. The molecule has 0 saturated carbocycles. The standard InChI is InChI=1S/C20H19ClN6O3/c1-11-14(9-12-4-2-5-13(21)8-12)27-7-3-6-15(30-10-16(22)25-26-24)18(27)17(11)19(28)20(23)29/h2-8H,9-10H2,1H3,(H2,23,29)(H3,22,24,25). The summed E-state index contributed by atoms with van der Waals surface area (Å²) >= 11 is 6.10. The Kier molecular flexibility index (Phi) is 6.12. The molecule has 0 fully saturated rings. The Bertz CT molecular complexity index is 1180. The molecule has 0 aliphatic rings. The molecule has 0 atom stereocenters. The van der Waals surface area contributed by atoms with Gasteiger partial charge in [0.05, 0.1) is 11.1 Å². The molecule has 1 amide bonds. The van der Waals surface area contributed by atoms with Crippen molar-refractivity contribution in [3.63, 3.8) is 0 Å². The Labute approximate surface area is 176 Å². The summed E-state index contributed by atoms with van der Waals surface area (Å²) in [4.78, 5) is 24.3. The molecule has 154 valence electrons. The molecule has 0 radical (unpaired) electrons. The number of fused-ring (bicyclic) bond motifs is 1. The topological polar surface area (TPSA) is 148 Å². The van der Waals surface area contributed by atoms with E-state index in [1.54, 1.807) is 35.7 Å². The number of carbonyl (C=O) groups excluding carboxylic acids is 2. The largest absolute Gasteiger partial charge is 0.483 e. The van der Waals surface area contributed by atoms with E-state index in [0.29, 0.717) is 28.3 Å². The molecular weight excluding hydrogens is 408 g/mol. The third-order valence-corrected chi connectivity index (χ3v) is 4.79. The molecule has 2 aromatic heterocycles. The number of ketones is 1. The van der Waals surface area contributed by atoms with Crippen LogP contribution in [0.2, 0.25) is 5.02 Å². The van der Waals surface area contributed by atoms with Crippen molar-refractivity contribution < 1.29 is 14.3 Å². The Morgan fingerprint density at radius 3 is 2.67 bits per heavy atom. The van der Waals surface area contributed by atoms with E-state index in [-0.39, 0.29) is 18.0 Å². The van der Waals surface area contributed by atoms with Crippen molar-refractivity contribution >= 4 is 34.6 Å². The van der Waals surface area contributed by atoms with Gasteiger partial charge in [-0.3, -0.25) is 9.59 Å². The first-order chi connectivity index (χ1) is 14.3. The van der Waals surface area contributed by atoms with Gasteiger partial charge in [-0.1, -0.05) is 29.0 Å². The second-order valence-corrected chi connectivity index (χ2v) is 6.95. The maximum atomic E-state index is 12.6. The lowest BCUT2D eigenvalue weighted by Crippen LogP contribution is -2.24. The number of hydrogen-bond acceptors (Lipinski definition) is 5. The minimum atomic E-state index is -1.07. The molecule has 2 heterocycles. The predicted molar refractivity (Wildman–Crippen MR) is 112 cm³/mol. The van der Waals surface area contributed by atoms with E-state index < -0.39 is 11.7 Å².